The first-order chi connectivity index (χ1) is 17.0. The van der Waals surface area contributed by atoms with Gasteiger partial charge in [-0.05, 0) is 29.7 Å². The third-order valence-electron chi connectivity index (χ3n) is 5.16. The zero-order valence-electron chi connectivity index (χ0n) is 19.6. The molecule has 186 valence electrons. The number of hydrogen-bond acceptors (Lipinski definition) is 6. The summed E-state index contributed by atoms with van der Waals surface area (Å²) in [7, 11) is 0. The van der Waals surface area contributed by atoms with Crippen LogP contribution in [0.2, 0.25) is 0 Å². The van der Waals surface area contributed by atoms with Crippen molar-refractivity contribution in [1.29, 1.82) is 0 Å². The molecule has 3 rings (SSSR count). The number of amides is 3. The molecule has 0 unspecified atom stereocenters. The van der Waals surface area contributed by atoms with Crippen LogP contribution in [-0.2, 0) is 27.5 Å². The molecule has 3 N–H and O–H groups in total. The molecule has 0 spiro atoms. The van der Waals surface area contributed by atoms with Crippen LogP contribution in [0.5, 0.6) is 0 Å². The summed E-state index contributed by atoms with van der Waals surface area (Å²) in [4.78, 5) is 40.2. The lowest BCUT2D eigenvalue weighted by Crippen LogP contribution is -2.56. The number of ether oxygens (including phenoxy) is 2. The number of hydrogen-bond donors (Lipinski definition) is 3. The van der Waals surface area contributed by atoms with E-state index in [0.29, 0.717) is 19.4 Å². The Kier molecular flexibility index (Phi) is 10.4. The maximum atomic E-state index is 12.3. The van der Waals surface area contributed by atoms with Crippen molar-refractivity contribution in [2.45, 2.75) is 38.4 Å². The molecule has 1 aliphatic heterocycles. The van der Waals surface area contributed by atoms with E-state index in [9.17, 15) is 14.4 Å². The Morgan fingerprint density at radius 1 is 1.00 bits per heavy atom. The van der Waals surface area contributed by atoms with Crippen LogP contribution in [0.25, 0.3) is 0 Å². The van der Waals surface area contributed by atoms with Gasteiger partial charge in [0.25, 0.3) is 0 Å². The fourth-order valence-electron chi connectivity index (χ4n) is 3.35. The molecule has 2 aromatic carbocycles. The molecule has 10 heteroatoms. The van der Waals surface area contributed by atoms with Gasteiger partial charge < -0.3 is 20.1 Å². The van der Waals surface area contributed by atoms with Crippen LogP contribution in [-0.4, -0.2) is 41.7 Å². The first-order valence-electron chi connectivity index (χ1n) is 11.5. The monoisotopic (exact) mass is 498 g/mol. The van der Waals surface area contributed by atoms with E-state index in [1.165, 1.54) is 0 Å². The minimum atomic E-state index is -0.850. The lowest BCUT2D eigenvalue weighted by molar-refractivity contribution is -0.132. The predicted molar refractivity (Wildman–Crippen MR) is 135 cm³/mol. The van der Waals surface area contributed by atoms with E-state index in [2.05, 4.69) is 27.9 Å². The lowest BCUT2D eigenvalue weighted by atomic mass is 9.96. The van der Waals surface area contributed by atoms with Crippen molar-refractivity contribution in [2.24, 2.45) is 10.9 Å². The minimum absolute atomic E-state index is 0.0400. The Bertz CT molecular complexity index is 1000. The van der Waals surface area contributed by atoms with Gasteiger partial charge in [0.15, 0.2) is 0 Å². The van der Waals surface area contributed by atoms with Gasteiger partial charge in [0.2, 0.25) is 11.9 Å². The maximum absolute atomic E-state index is 12.3. The number of alkyl carbamates (subject to hydrolysis) is 1. The number of nitrogens with one attached hydrogen (secondary N) is 3. The van der Waals surface area contributed by atoms with E-state index in [4.69, 9.17) is 9.47 Å². The number of thioether (sulfide) groups is 1. The third kappa shape index (κ3) is 8.97. The number of β-lactam (4-membered cyclic amide) rings is 1. The Morgan fingerprint density at radius 2 is 1.63 bits per heavy atom. The summed E-state index contributed by atoms with van der Waals surface area (Å²) in [6, 6.07) is 18.4. The summed E-state index contributed by atoms with van der Waals surface area (Å²) >= 11 is 1.71. The molecule has 2 aromatic rings. The highest BCUT2D eigenvalue weighted by molar-refractivity contribution is 8.00. The summed E-state index contributed by atoms with van der Waals surface area (Å²) in [5.41, 5.74) is 1.65. The zero-order valence-corrected chi connectivity index (χ0v) is 20.4. The van der Waals surface area contributed by atoms with E-state index in [-0.39, 0.29) is 36.4 Å². The zero-order chi connectivity index (χ0) is 24.9. The van der Waals surface area contributed by atoms with Crippen LogP contribution in [0, 0.1) is 5.92 Å². The fraction of sp³-hybridized carbons (Fsp3) is 0.360. The van der Waals surface area contributed by atoms with Crippen molar-refractivity contribution in [3.8, 4) is 0 Å². The first-order valence-corrected chi connectivity index (χ1v) is 12.5. The quantitative estimate of drug-likeness (QED) is 0.197. The fourth-order valence-corrected chi connectivity index (χ4v) is 4.40. The molecule has 3 amide bonds. The molecule has 2 atom stereocenters. The molecule has 35 heavy (non-hydrogen) atoms. The molecule has 0 bridgehead atoms. The van der Waals surface area contributed by atoms with Gasteiger partial charge in [-0.3, -0.25) is 10.1 Å². The highest BCUT2D eigenvalue weighted by atomic mass is 32.2. The number of nitrogens with zero attached hydrogens (tertiary/aromatic N) is 1. The Labute approximate surface area is 209 Å². The maximum Gasteiger partial charge on any atom is 0.437 e. The molecule has 0 radical (unpaired) electrons. The summed E-state index contributed by atoms with van der Waals surface area (Å²) in [5, 5.41) is 8.44. The van der Waals surface area contributed by atoms with Gasteiger partial charge in [-0.25, -0.2) is 9.59 Å². The van der Waals surface area contributed by atoms with E-state index >= 15 is 0 Å². The second-order valence-electron chi connectivity index (χ2n) is 7.75. The molecule has 1 aliphatic rings. The number of carbonyl (C=O) groups is 3. The van der Waals surface area contributed by atoms with Gasteiger partial charge >= 0.3 is 12.2 Å². The van der Waals surface area contributed by atoms with Gasteiger partial charge in [-0.2, -0.15) is 0 Å². The number of guanidine groups is 1. The largest absolute Gasteiger partial charge is 0.444 e. The second-order valence-corrected chi connectivity index (χ2v) is 9.17. The Hall–Kier alpha value is -3.53. The Balaban J connectivity index is 1.51. The van der Waals surface area contributed by atoms with Crippen LogP contribution in [0.4, 0.5) is 9.59 Å². The molecule has 1 fully saturated rings. The van der Waals surface area contributed by atoms with Crippen LogP contribution >= 0.6 is 11.8 Å². The summed E-state index contributed by atoms with van der Waals surface area (Å²) in [6.45, 7) is 2.58. The van der Waals surface area contributed by atoms with Crippen molar-refractivity contribution in [3.05, 3.63) is 71.8 Å². The smallest absolute Gasteiger partial charge is 0.437 e. The highest BCUT2D eigenvalue weighted by Gasteiger charge is 2.38. The van der Waals surface area contributed by atoms with Crippen LogP contribution in [0.3, 0.4) is 0 Å². The number of benzene rings is 2. The van der Waals surface area contributed by atoms with Gasteiger partial charge in [-0.15, -0.1) is 16.8 Å². The molecule has 1 saturated heterocycles. The number of carbonyl (C=O) groups excluding carboxylic acids is 3. The molecular formula is C25H30N4O5S. The first kappa shape index (κ1) is 26.1. The summed E-state index contributed by atoms with van der Waals surface area (Å²) in [5.74, 6) is 0.869. The van der Waals surface area contributed by atoms with Crippen LogP contribution in [0.15, 0.2) is 65.7 Å². The third-order valence-corrected chi connectivity index (χ3v) is 6.30. The lowest BCUT2D eigenvalue weighted by Gasteiger charge is -2.36. The van der Waals surface area contributed by atoms with Crippen molar-refractivity contribution in [1.82, 2.24) is 16.0 Å². The average molecular weight is 499 g/mol. The van der Waals surface area contributed by atoms with Gasteiger partial charge in [0.05, 0.1) is 11.3 Å². The van der Waals surface area contributed by atoms with E-state index in [1.54, 1.807) is 11.8 Å². The average Bonchev–Trinajstić information content (AvgIpc) is 2.87. The van der Waals surface area contributed by atoms with Crippen LogP contribution < -0.4 is 16.0 Å². The molecular weight excluding hydrogens is 468 g/mol. The molecule has 1 heterocycles. The molecule has 0 aromatic heterocycles. The molecule has 9 nitrogen and oxygen atoms in total. The van der Waals surface area contributed by atoms with Gasteiger partial charge in [-0.1, -0.05) is 67.6 Å². The molecule has 0 aliphatic carbocycles. The molecule has 0 saturated carbocycles. The summed E-state index contributed by atoms with van der Waals surface area (Å²) in [6.07, 6.45) is -0.274. The number of aliphatic imine (C=N–C) groups is 1. The normalized spacial score (nSPS) is 17.1. The van der Waals surface area contributed by atoms with Crippen LogP contribution in [0.1, 0.15) is 30.9 Å². The minimum Gasteiger partial charge on any atom is -0.444 e. The van der Waals surface area contributed by atoms with Gasteiger partial charge in [0, 0.05) is 6.54 Å². The van der Waals surface area contributed by atoms with Gasteiger partial charge in [0.1, 0.15) is 13.2 Å². The highest BCUT2D eigenvalue weighted by Crippen LogP contribution is 2.28. The van der Waals surface area contributed by atoms with Crippen molar-refractivity contribution >= 4 is 35.8 Å². The van der Waals surface area contributed by atoms with E-state index < -0.39 is 12.2 Å². The SMILES string of the molecule is CCS[C@@H]1NC(=O)[C@H]1CCCNC(=NC(=O)OCc1ccccc1)NC(=O)OCc1ccccc1. The van der Waals surface area contributed by atoms with E-state index in [0.717, 1.165) is 16.9 Å². The van der Waals surface area contributed by atoms with Crippen molar-refractivity contribution in [2.75, 3.05) is 12.3 Å². The van der Waals surface area contributed by atoms with Crippen molar-refractivity contribution in [3.63, 3.8) is 0 Å². The number of rotatable bonds is 10. The second kappa shape index (κ2) is 14.0. The standard InChI is InChI=1S/C25H30N4O5S/c1-2-35-22-20(21(30)27-22)14-9-15-26-23(28-24(31)33-16-18-10-5-3-6-11-18)29-25(32)34-17-19-12-7-4-8-13-19/h3-8,10-13,20,22H,2,9,14-17H2,1H3,(H,27,30)(H2,26,28,29,31,32)/t20-,22+/m1/s1. The Morgan fingerprint density at radius 3 is 2.23 bits per heavy atom. The predicted octanol–water partition coefficient (Wildman–Crippen LogP) is 3.80. The topological polar surface area (TPSA) is 118 Å². The van der Waals surface area contributed by atoms with Crippen molar-refractivity contribution < 1.29 is 23.9 Å². The van der Waals surface area contributed by atoms with E-state index in [1.807, 2.05) is 60.7 Å². The summed E-state index contributed by atoms with van der Waals surface area (Å²) < 4.78 is 10.4.